The number of rotatable bonds is 11. The summed E-state index contributed by atoms with van der Waals surface area (Å²) in [5.41, 5.74) is 2.85. The smallest absolute Gasteiger partial charge is 0.251 e. The third-order valence-electron chi connectivity index (χ3n) is 4.00. The van der Waals surface area contributed by atoms with E-state index in [0.717, 1.165) is 18.4 Å². The summed E-state index contributed by atoms with van der Waals surface area (Å²) in [6.07, 6.45) is 1.98. The van der Waals surface area contributed by atoms with Crippen molar-refractivity contribution in [2.24, 2.45) is 0 Å². The van der Waals surface area contributed by atoms with E-state index < -0.39 is 0 Å². The van der Waals surface area contributed by atoms with E-state index in [1.165, 1.54) is 0 Å². The molecule has 0 spiro atoms. The average molecular weight is 396 g/mol. The molecule has 0 fully saturated rings. The Morgan fingerprint density at radius 1 is 1.07 bits per heavy atom. The van der Waals surface area contributed by atoms with Gasteiger partial charge in [-0.15, -0.1) is 0 Å². The number of carbonyl (C=O) groups is 2. The Balaban J connectivity index is 1.86. The van der Waals surface area contributed by atoms with Gasteiger partial charge in [-0.25, -0.2) is 0 Å². The van der Waals surface area contributed by atoms with E-state index in [4.69, 9.17) is 4.74 Å². The molecule has 2 aromatic carbocycles. The largest absolute Gasteiger partial charge is 0.489 e. The molecule has 0 aliphatic rings. The van der Waals surface area contributed by atoms with Crippen molar-refractivity contribution in [1.29, 1.82) is 0 Å². The fraction of sp³-hybridized carbons (Fsp3) is 0.304. The molecule has 0 atom stereocenters. The van der Waals surface area contributed by atoms with Gasteiger partial charge in [-0.3, -0.25) is 9.59 Å². The molecule has 0 unspecified atom stereocenters. The third-order valence-corrected chi connectivity index (χ3v) is 4.00. The Bertz CT molecular complexity index is 849. The lowest BCUT2D eigenvalue weighted by atomic mass is 10.2. The van der Waals surface area contributed by atoms with Gasteiger partial charge >= 0.3 is 0 Å². The predicted molar refractivity (Wildman–Crippen MR) is 118 cm³/mol. The summed E-state index contributed by atoms with van der Waals surface area (Å²) in [7, 11) is 0. The van der Waals surface area contributed by atoms with Crippen molar-refractivity contribution >= 4 is 23.2 Å². The molecule has 0 aromatic heterocycles. The number of benzene rings is 2. The highest BCUT2D eigenvalue weighted by atomic mass is 16.5. The third kappa shape index (κ3) is 8.09. The molecule has 2 rings (SSSR count). The summed E-state index contributed by atoms with van der Waals surface area (Å²) in [4.78, 5) is 24.4. The van der Waals surface area contributed by atoms with E-state index in [-0.39, 0.29) is 18.4 Å². The van der Waals surface area contributed by atoms with Gasteiger partial charge in [0.25, 0.3) is 5.91 Å². The predicted octanol–water partition coefficient (Wildman–Crippen LogP) is 4.22. The number of unbranched alkanes of at least 4 members (excludes halogenated alkanes) is 1. The zero-order chi connectivity index (χ0) is 21.1. The van der Waals surface area contributed by atoms with Gasteiger partial charge in [0.2, 0.25) is 5.91 Å². The van der Waals surface area contributed by atoms with E-state index in [2.05, 4.69) is 29.5 Å². The zero-order valence-electron chi connectivity index (χ0n) is 17.1. The minimum Gasteiger partial charge on any atom is -0.489 e. The van der Waals surface area contributed by atoms with Crippen molar-refractivity contribution in [1.82, 2.24) is 5.32 Å². The number of hydrogen-bond donors (Lipinski definition) is 3. The number of amides is 2. The molecule has 0 aliphatic carbocycles. The summed E-state index contributed by atoms with van der Waals surface area (Å²) < 4.78 is 5.59. The van der Waals surface area contributed by atoms with Crippen LogP contribution in [0, 0.1) is 0 Å². The van der Waals surface area contributed by atoms with Crippen LogP contribution in [0.4, 0.5) is 11.4 Å². The van der Waals surface area contributed by atoms with E-state index in [9.17, 15) is 9.59 Å². The van der Waals surface area contributed by atoms with Crippen LogP contribution < -0.4 is 20.7 Å². The highest BCUT2D eigenvalue weighted by Gasteiger charge is 2.07. The van der Waals surface area contributed by atoms with Crippen molar-refractivity contribution in [3.63, 3.8) is 0 Å². The fourth-order valence-corrected chi connectivity index (χ4v) is 2.51. The summed E-state index contributed by atoms with van der Waals surface area (Å²) in [6, 6.07) is 14.3. The van der Waals surface area contributed by atoms with E-state index in [0.29, 0.717) is 35.8 Å². The summed E-state index contributed by atoms with van der Waals surface area (Å²) >= 11 is 0. The van der Waals surface area contributed by atoms with Gasteiger partial charge in [0.1, 0.15) is 12.4 Å². The Labute approximate surface area is 172 Å². The molecule has 29 heavy (non-hydrogen) atoms. The highest BCUT2D eigenvalue weighted by Crippen LogP contribution is 2.18. The lowest BCUT2D eigenvalue weighted by Gasteiger charge is -2.11. The Morgan fingerprint density at radius 2 is 1.83 bits per heavy atom. The van der Waals surface area contributed by atoms with Crippen LogP contribution >= 0.6 is 0 Å². The van der Waals surface area contributed by atoms with Gasteiger partial charge < -0.3 is 20.7 Å². The van der Waals surface area contributed by atoms with Crippen LogP contribution in [0.25, 0.3) is 0 Å². The molecule has 3 N–H and O–H groups in total. The first kappa shape index (κ1) is 22.0. The molecule has 0 bridgehead atoms. The summed E-state index contributed by atoms with van der Waals surface area (Å²) in [6.45, 7) is 8.94. The first-order valence-electron chi connectivity index (χ1n) is 9.77. The van der Waals surface area contributed by atoms with Crippen molar-refractivity contribution in [2.45, 2.75) is 26.7 Å². The second-order valence-electron chi connectivity index (χ2n) is 6.87. The minimum absolute atomic E-state index is 0.0811. The van der Waals surface area contributed by atoms with Gasteiger partial charge in [-0.2, -0.15) is 0 Å². The zero-order valence-corrected chi connectivity index (χ0v) is 17.1. The van der Waals surface area contributed by atoms with Crippen LogP contribution in [0.2, 0.25) is 0 Å². The highest BCUT2D eigenvalue weighted by molar-refractivity contribution is 5.96. The van der Waals surface area contributed by atoms with Crippen molar-refractivity contribution in [3.8, 4) is 5.75 Å². The first-order valence-corrected chi connectivity index (χ1v) is 9.77. The average Bonchev–Trinajstić information content (AvgIpc) is 2.71. The molecule has 154 valence electrons. The van der Waals surface area contributed by atoms with E-state index in [1.807, 2.05) is 25.1 Å². The monoisotopic (exact) mass is 395 g/mol. The topological polar surface area (TPSA) is 79.5 Å². The number of carbonyl (C=O) groups excluding carboxylic acids is 2. The molecule has 0 radical (unpaired) electrons. The number of ether oxygens (including phenoxy) is 1. The molecule has 0 aliphatic heterocycles. The normalized spacial score (nSPS) is 10.1. The first-order chi connectivity index (χ1) is 14.0. The molecule has 2 amide bonds. The maximum Gasteiger partial charge on any atom is 0.251 e. The van der Waals surface area contributed by atoms with Crippen LogP contribution in [0.15, 0.2) is 60.7 Å². The maximum absolute atomic E-state index is 12.2. The number of nitrogens with one attached hydrogen (secondary N) is 3. The molecule has 6 heteroatoms. The minimum atomic E-state index is -0.195. The Hall–Kier alpha value is -3.28. The number of hydrogen-bond acceptors (Lipinski definition) is 4. The van der Waals surface area contributed by atoms with Gasteiger partial charge in [0.05, 0.1) is 6.54 Å². The van der Waals surface area contributed by atoms with Crippen molar-refractivity contribution in [2.75, 3.05) is 30.3 Å². The van der Waals surface area contributed by atoms with Crippen LogP contribution in [0.3, 0.4) is 0 Å². The standard InChI is InChI=1S/C23H29N3O3/c1-4-5-12-24-23(28)18-8-6-9-19(13-18)25-15-22(27)26-20-10-7-11-21(14-20)29-16-17(2)3/h6-11,13-14,25H,2,4-5,12,15-16H2,1,3H3,(H,24,28)(H,26,27). The maximum atomic E-state index is 12.2. The van der Waals surface area contributed by atoms with Crippen LogP contribution in [-0.2, 0) is 4.79 Å². The van der Waals surface area contributed by atoms with Crippen LogP contribution in [-0.4, -0.2) is 31.5 Å². The second kappa shape index (κ2) is 11.5. The van der Waals surface area contributed by atoms with Gasteiger partial charge in [0, 0.05) is 29.5 Å². The fourth-order valence-electron chi connectivity index (χ4n) is 2.51. The molecule has 2 aromatic rings. The van der Waals surface area contributed by atoms with Crippen LogP contribution in [0.5, 0.6) is 5.75 Å². The Kier molecular flexibility index (Phi) is 8.76. The molecule has 6 nitrogen and oxygen atoms in total. The molecular formula is C23H29N3O3. The quantitative estimate of drug-likeness (QED) is 0.393. The molecule has 0 saturated carbocycles. The SMILES string of the molecule is C=C(C)COc1cccc(NC(=O)CNc2cccc(C(=O)NCCCC)c2)c1. The van der Waals surface area contributed by atoms with E-state index >= 15 is 0 Å². The second-order valence-corrected chi connectivity index (χ2v) is 6.87. The van der Waals surface area contributed by atoms with Gasteiger partial charge in [-0.05, 0) is 49.2 Å². The summed E-state index contributed by atoms with van der Waals surface area (Å²) in [5.74, 6) is 0.360. The molecule has 0 heterocycles. The van der Waals surface area contributed by atoms with Crippen molar-refractivity contribution in [3.05, 3.63) is 66.2 Å². The van der Waals surface area contributed by atoms with Crippen LogP contribution in [0.1, 0.15) is 37.0 Å². The lowest BCUT2D eigenvalue weighted by molar-refractivity contribution is -0.114. The number of anilines is 2. The van der Waals surface area contributed by atoms with Gasteiger partial charge in [0.15, 0.2) is 0 Å². The Morgan fingerprint density at radius 3 is 2.59 bits per heavy atom. The molecular weight excluding hydrogens is 366 g/mol. The van der Waals surface area contributed by atoms with Gasteiger partial charge in [-0.1, -0.05) is 32.1 Å². The van der Waals surface area contributed by atoms with E-state index in [1.54, 1.807) is 30.3 Å². The molecule has 0 saturated heterocycles. The van der Waals surface area contributed by atoms with Crippen molar-refractivity contribution < 1.29 is 14.3 Å². The lowest BCUT2D eigenvalue weighted by Crippen LogP contribution is -2.25. The summed E-state index contributed by atoms with van der Waals surface area (Å²) in [5, 5.41) is 8.76.